The van der Waals surface area contributed by atoms with Crippen LogP contribution in [0.25, 0.3) is 0 Å². The first-order chi connectivity index (χ1) is 9.31. The lowest BCUT2D eigenvalue weighted by Crippen LogP contribution is -2.31. The lowest BCUT2D eigenvalue weighted by atomic mass is 10.0. The normalized spacial score (nSPS) is 27.2. The second-order valence-electron chi connectivity index (χ2n) is 6.17. The maximum Gasteiger partial charge on any atom is 0.164 e. The van der Waals surface area contributed by atoms with E-state index in [0.717, 1.165) is 23.9 Å². The number of Topliss-reactive ketones (excluding diaryl/α,β-unsaturated/α-hetero) is 1. The molecule has 1 aromatic rings. The van der Waals surface area contributed by atoms with Gasteiger partial charge in [-0.25, -0.2) is 0 Å². The van der Waals surface area contributed by atoms with Crippen LogP contribution in [0, 0.1) is 11.8 Å². The van der Waals surface area contributed by atoms with Gasteiger partial charge in [0.25, 0.3) is 0 Å². The molecule has 19 heavy (non-hydrogen) atoms. The van der Waals surface area contributed by atoms with E-state index < -0.39 is 0 Å². The fraction of sp³-hybridized carbons (Fsp3) is 0.588. The van der Waals surface area contributed by atoms with Crippen LogP contribution in [0.15, 0.2) is 30.3 Å². The van der Waals surface area contributed by atoms with E-state index in [2.05, 4.69) is 4.90 Å². The maximum absolute atomic E-state index is 12.1. The number of rotatable bonds is 4. The molecule has 2 bridgehead atoms. The minimum absolute atomic E-state index is 0.287. The van der Waals surface area contributed by atoms with Gasteiger partial charge in [-0.3, -0.25) is 4.79 Å². The Labute approximate surface area is 115 Å². The molecule has 0 radical (unpaired) electrons. The van der Waals surface area contributed by atoms with Crippen molar-refractivity contribution in [2.24, 2.45) is 11.8 Å². The van der Waals surface area contributed by atoms with Crippen LogP contribution < -0.4 is 0 Å². The molecule has 0 N–H and O–H groups in total. The van der Waals surface area contributed by atoms with E-state index in [4.69, 9.17) is 0 Å². The molecule has 1 heterocycles. The number of hydrogen-bond acceptors (Lipinski definition) is 2. The van der Waals surface area contributed by atoms with Gasteiger partial charge in [0.05, 0.1) is 0 Å². The minimum atomic E-state index is 0.287. The number of fused-ring (bicyclic) bond motifs is 2. The zero-order valence-corrected chi connectivity index (χ0v) is 11.6. The van der Waals surface area contributed by atoms with Gasteiger partial charge < -0.3 is 4.90 Å². The lowest BCUT2D eigenvalue weighted by Gasteiger charge is -2.24. The quantitative estimate of drug-likeness (QED) is 0.771. The molecule has 2 heteroatoms. The summed E-state index contributed by atoms with van der Waals surface area (Å²) in [6.07, 6.45) is 6.30. The smallest absolute Gasteiger partial charge is 0.164 e. The van der Waals surface area contributed by atoms with E-state index in [9.17, 15) is 4.79 Å². The first-order valence-corrected chi connectivity index (χ1v) is 7.62. The van der Waals surface area contributed by atoms with Crippen LogP contribution in [0.3, 0.4) is 0 Å². The van der Waals surface area contributed by atoms with Crippen LogP contribution in [-0.4, -0.2) is 30.3 Å². The molecule has 0 amide bonds. The van der Waals surface area contributed by atoms with Crippen molar-refractivity contribution in [1.29, 1.82) is 0 Å². The SMILES string of the molecule is O=C(CCN1CCC2CCC(C2)C1)c1ccccc1. The minimum Gasteiger partial charge on any atom is -0.303 e. The van der Waals surface area contributed by atoms with Crippen molar-refractivity contribution < 1.29 is 4.79 Å². The topological polar surface area (TPSA) is 20.3 Å². The summed E-state index contributed by atoms with van der Waals surface area (Å²) in [4.78, 5) is 14.6. The fourth-order valence-electron chi connectivity index (χ4n) is 3.66. The first kappa shape index (κ1) is 12.9. The molecule has 1 aliphatic carbocycles. The molecule has 2 aliphatic rings. The van der Waals surface area contributed by atoms with Gasteiger partial charge in [-0.15, -0.1) is 0 Å². The Kier molecular flexibility index (Phi) is 3.97. The Bertz CT molecular complexity index is 428. The predicted octanol–water partition coefficient (Wildman–Crippen LogP) is 3.38. The summed E-state index contributed by atoms with van der Waals surface area (Å²) in [5.74, 6) is 2.16. The molecule has 1 aromatic carbocycles. The molecule has 0 spiro atoms. The summed E-state index contributed by atoms with van der Waals surface area (Å²) in [6.45, 7) is 3.36. The van der Waals surface area contributed by atoms with Crippen molar-refractivity contribution >= 4 is 5.78 Å². The van der Waals surface area contributed by atoms with Crippen LogP contribution in [-0.2, 0) is 0 Å². The highest BCUT2D eigenvalue weighted by Gasteiger charge is 2.29. The van der Waals surface area contributed by atoms with Gasteiger partial charge in [-0.2, -0.15) is 0 Å². The summed E-state index contributed by atoms with van der Waals surface area (Å²) < 4.78 is 0. The third-order valence-electron chi connectivity index (χ3n) is 4.77. The van der Waals surface area contributed by atoms with Gasteiger partial charge in [0, 0.05) is 25.1 Å². The summed E-state index contributed by atoms with van der Waals surface area (Å²) in [5, 5.41) is 0. The van der Waals surface area contributed by atoms with Gasteiger partial charge in [-0.1, -0.05) is 36.8 Å². The van der Waals surface area contributed by atoms with E-state index in [0.29, 0.717) is 6.42 Å². The third-order valence-corrected chi connectivity index (χ3v) is 4.77. The highest BCUT2D eigenvalue weighted by Crippen LogP contribution is 2.36. The van der Waals surface area contributed by atoms with Crippen LogP contribution >= 0.6 is 0 Å². The third kappa shape index (κ3) is 3.24. The highest BCUT2D eigenvalue weighted by atomic mass is 16.1. The zero-order valence-electron chi connectivity index (χ0n) is 11.6. The fourth-order valence-corrected chi connectivity index (χ4v) is 3.66. The van der Waals surface area contributed by atoms with Crippen molar-refractivity contribution in [2.75, 3.05) is 19.6 Å². The average molecular weight is 257 g/mol. The second-order valence-corrected chi connectivity index (χ2v) is 6.17. The molecule has 2 fully saturated rings. The zero-order chi connectivity index (χ0) is 13.1. The number of likely N-dealkylation sites (tertiary alicyclic amines) is 1. The number of carbonyl (C=O) groups is 1. The van der Waals surface area contributed by atoms with Crippen LogP contribution in [0.4, 0.5) is 0 Å². The number of carbonyl (C=O) groups excluding carboxylic acids is 1. The molecule has 2 atom stereocenters. The van der Waals surface area contributed by atoms with Crippen LogP contribution in [0.5, 0.6) is 0 Å². The van der Waals surface area contributed by atoms with E-state index >= 15 is 0 Å². The highest BCUT2D eigenvalue weighted by molar-refractivity contribution is 5.96. The lowest BCUT2D eigenvalue weighted by molar-refractivity contribution is 0.0960. The molecular weight excluding hydrogens is 234 g/mol. The predicted molar refractivity (Wildman–Crippen MR) is 77.3 cm³/mol. The van der Waals surface area contributed by atoms with E-state index in [-0.39, 0.29) is 5.78 Å². The van der Waals surface area contributed by atoms with Gasteiger partial charge in [0.2, 0.25) is 0 Å². The Morgan fingerprint density at radius 2 is 1.89 bits per heavy atom. The van der Waals surface area contributed by atoms with Gasteiger partial charge in [-0.05, 0) is 37.6 Å². The molecule has 1 aliphatic heterocycles. The summed E-state index contributed by atoms with van der Waals surface area (Å²) in [7, 11) is 0. The summed E-state index contributed by atoms with van der Waals surface area (Å²) >= 11 is 0. The first-order valence-electron chi connectivity index (χ1n) is 7.62. The number of hydrogen-bond donors (Lipinski definition) is 0. The molecule has 102 valence electrons. The van der Waals surface area contributed by atoms with Crippen molar-refractivity contribution in [3.63, 3.8) is 0 Å². The Morgan fingerprint density at radius 3 is 2.74 bits per heavy atom. The van der Waals surface area contributed by atoms with E-state index in [1.54, 1.807) is 0 Å². The standard InChI is InChI=1S/C17H23NO/c19-17(16-4-2-1-3-5-16)9-11-18-10-8-14-6-7-15(12-14)13-18/h1-5,14-15H,6-13H2. The van der Waals surface area contributed by atoms with Gasteiger partial charge in [0.1, 0.15) is 0 Å². The largest absolute Gasteiger partial charge is 0.303 e. The molecule has 0 aromatic heterocycles. The molecule has 2 nitrogen and oxygen atoms in total. The second kappa shape index (κ2) is 5.87. The van der Waals surface area contributed by atoms with Crippen LogP contribution in [0.2, 0.25) is 0 Å². The van der Waals surface area contributed by atoms with Gasteiger partial charge >= 0.3 is 0 Å². The van der Waals surface area contributed by atoms with Gasteiger partial charge in [0.15, 0.2) is 5.78 Å². The Balaban J connectivity index is 1.51. The monoisotopic (exact) mass is 257 g/mol. The van der Waals surface area contributed by atoms with Crippen molar-refractivity contribution in [1.82, 2.24) is 4.90 Å². The van der Waals surface area contributed by atoms with Crippen LogP contribution in [0.1, 0.15) is 42.5 Å². The Hall–Kier alpha value is -1.15. The van der Waals surface area contributed by atoms with E-state index in [1.807, 2.05) is 30.3 Å². The Morgan fingerprint density at radius 1 is 1.11 bits per heavy atom. The number of benzene rings is 1. The average Bonchev–Trinajstić information content (AvgIpc) is 2.78. The summed E-state index contributed by atoms with van der Waals surface area (Å²) in [5.41, 5.74) is 0.860. The number of ketones is 1. The molecule has 2 unspecified atom stereocenters. The molecular formula is C17H23NO. The van der Waals surface area contributed by atoms with Crippen molar-refractivity contribution in [3.8, 4) is 0 Å². The molecule has 1 saturated carbocycles. The maximum atomic E-state index is 12.1. The molecule has 3 rings (SSSR count). The summed E-state index contributed by atoms with van der Waals surface area (Å²) in [6, 6.07) is 9.69. The molecule has 1 saturated heterocycles. The van der Waals surface area contributed by atoms with Crippen molar-refractivity contribution in [3.05, 3.63) is 35.9 Å². The van der Waals surface area contributed by atoms with E-state index in [1.165, 1.54) is 38.8 Å². The van der Waals surface area contributed by atoms with Crippen molar-refractivity contribution in [2.45, 2.75) is 32.1 Å². The number of nitrogens with zero attached hydrogens (tertiary/aromatic N) is 1.